The van der Waals surface area contributed by atoms with Gasteiger partial charge >= 0.3 is 0 Å². The van der Waals surface area contributed by atoms with Crippen LogP contribution >= 0.6 is 0 Å². The highest BCUT2D eigenvalue weighted by Gasteiger charge is 2.15. The van der Waals surface area contributed by atoms with Gasteiger partial charge in [0.25, 0.3) is 0 Å². The summed E-state index contributed by atoms with van der Waals surface area (Å²) in [6, 6.07) is 0. The van der Waals surface area contributed by atoms with Crippen LogP contribution < -0.4 is 5.73 Å². The molecule has 0 bridgehead atoms. The van der Waals surface area contributed by atoms with E-state index in [1.54, 1.807) is 0 Å². The molecule has 1 aliphatic rings. The van der Waals surface area contributed by atoms with Gasteiger partial charge in [0.15, 0.2) is 0 Å². The number of rotatable bonds is 3. The summed E-state index contributed by atoms with van der Waals surface area (Å²) in [4.78, 5) is 0. The Morgan fingerprint density at radius 2 is 2.33 bits per heavy atom. The van der Waals surface area contributed by atoms with Gasteiger partial charge in [0, 0.05) is 5.54 Å². The first-order valence-corrected chi connectivity index (χ1v) is 4.65. The molecule has 1 aliphatic carbocycles. The number of hydrogen-bond acceptors (Lipinski definition) is 2. The fourth-order valence-corrected chi connectivity index (χ4v) is 1.24. The fraction of sp³-hybridized carbons (Fsp3) is 0.800. The standard InChI is InChI=1S/C10H19NO/c1-10(2,11)8-12-9-6-4-3-5-7-9/h4,6,9H,3,5,7-8,11H2,1-2H3. The average molecular weight is 169 g/mol. The van der Waals surface area contributed by atoms with E-state index in [1.165, 1.54) is 12.8 Å². The number of hydrogen-bond donors (Lipinski definition) is 1. The number of allylic oxidation sites excluding steroid dienone is 1. The van der Waals surface area contributed by atoms with E-state index < -0.39 is 0 Å². The van der Waals surface area contributed by atoms with Gasteiger partial charge in [-0.3, -0.25) is 0 Å². The molecule has 1 unspecified atom stereocenters. The maximum absolute atomic E-state index is 5.80. The van der Waals surface area contributed by atoms with E-state index in [4.69, 9.17) is 10.5 Å². The smallest absolute Gasteiger partial charge is 0.0756 e. The molecular weight excluding hydrogens is 150 g/mol. The van der Waals surface area contributed by atoms with E-state index in [0.717, 1.165) is 6.42 Å². The van der Waals surface area contributed by atoms with Gasteiger partial charge in [-0.15, -0.1) is 0 Å². The van der Waals surface area contributed by atoms with Crippen molar-refractivity contribution in [3.8, 4) is 0 Å². The van der Waals surface area contributed by atoms with Crippen LogP contribution in [0, 0.1) is 0 Å². The molecule has 0 aromatic heterocycles. The average Bonchev–Trinajstić information content (AvgIpc) is 2.02. The third-order valence-electron chi connectivity index (χ3n) is 1.88. The third-order valence-corrected chi connectivity index (χ3v) is 1.88. The summed E-state index contributed by atoms with van der Waals surface area (Å²) in [7, 11) is 0. The van der Waals surface area contributed by atoms with E-state index in [1.807, 2.05) is 13.8 Å². The quantitative estimate of drug-likeness (QED) is 0.654. The van der Waals surface area contributed by atoms with Crippen LogP contribution in [0.5, 0.6) is 0 Å². The van der Waals surface area contributed by atoms with Crippen LogP contribution in [0.4, 0.5) is 0 Å². The lowest BCUT2D eigenvalue weighted by atomic mass is 10.0. The summed E-state index contributed by atoms with van der Waals surface area (Å²) in [6.07, 6.45) is 8.24. The first-order valence-electron chi connectivity index (χ1n) is 4.65. The minimum atomic E-state index is -0.203. The van der Waals surface area contributed by atoms with E-state index in [-0.39, 0.29) is 5.54 Å². The summed E-state index contributed by atoms with van der Waals surface area (Å²) in [6.45, 7) is 4.61. The van der Waals surface area contributed by atoms with Crippen LogP contribution in [-0.2, 0) is 4.74 Å². The third kappa shape index (κ3) is 3.88. The maximum Gasteiger partial charge on any atom is 0.0756 e. The molecule has 2 nitrogen and oxygen atoms in total. The van der Waals surface area contributed by atoms with E-state index in [2.05, 4.69) is 12.2 Å². The van der Waals surface area contributed by atoms with Gasteiger partial charge in [-0.25, -0.2) is 0 Å². The minimum Gasteiger partial charge on any atom is -0.372 e. The minimum absolute atomic E-state index is 0.203. The predicted octanol–water partition coefficient (Wildman–Crippen LogP) is 1.85. The van der Waals surface area contributed by atoms with Gasteiger partial charge in [-0.2, -0.15) is 0 Å². The largest absolute Gasteiger partial charge is 0.372 e. The van der Waals surface area contributed by atoms with Crippen molar-refractivity contribution in [3.05, 3.63) is 12.2 Å². The van der Waals surface area contributed by atoms with Crippen molar-refractivity contribution in [1.29, 1.82) is 0 Å². The molecule has 12 heavy (non-hydrogen) atoms. The topological polar surface area (TPSA) is 35.2 Å². The van der Waals surface area contributed by atoms with Crippen molar-refractivity contribution in [2.24, 2.45) is 5.73 Å². The van der Waals surface area contributed by atoms with Gasteiger partial charge < -0.3 is 10.5 Å². The highest BCUT2D eigenvalue weighted by molar-refractivity contribution is 4.94. The Bertz CT molecular complexity index is 158. The lowest BCUT2D eigenvalue weighted by Gasteiger charge is -2.23. The van der Waals surface area contributed by atoms with Crippen LogP contribution in [0.25, 0.3) is 0 Å². The van der Waals surface area contributed by atoms with Crippen LogP contribution in [0.2, 0.25) is 0 Å². The molecule has 0 aromatic carbocycles. The molecule has 2 N–H and O–H groups in total. The van der Waals surface area contributed by atoms with Crippen molar-refractivity contribution < 1.29 is 4.74 Å². The van der Waals surface area contributed by atoms with Crippen molar-refractivity contribution in [3.63, 3.8) is 0 Å². The van der Waals surface area contributed by atoms with Crippen LogP contribution in [0.15, 0.2) is 12.2 Å². The molecule has 0 spiro atoms. The molecule has 1 rings (SSSR count). The maximum atomic E-state index is 5.80. The van der Waals surface area contributed by atoms with E-state index in [0.29, 0.717) is 12.7 Å². The SMILES string of the molecule is CC(C)(N)COC1C=CCCC1. The lowest BCUT2D eigenvalue weighted by Crippen LogP contribution is -2.38. The Morgan fingerprint density at radius 1 is 1.58 bits per heavy atom. The molecule has 2 heteroatoms. The first-order chi connectivity index (χ1) is 5.58. The second kappa shape index (κ2) is 4.06. The highest BCUT2D eigenvalue weighted by atomic mass is 16.5. The van der Waals surface area contributed by atoms with Gasteiger partial charge in [0.2, 0.25) is 0 Å². The molecule has 0 fully saturated rings. The Labute approximate surface area is 74.8 Å². The van der Waals surface area contributed by atoms with Crippen molar-refractivity contribution in [2.75, 3.05) is 6.61 Å². The molecular formula is C10H19NO. The van der Waals surface area contributed by atoms with Crippen molar-refractivity contribution >= 4 is 0 Å². The molecule has 0 aromatic rings. The van der Waals surface area contributed by atoms with Crippen LogP contribution in [0.1, 0.15) is 33.1 Å². The molecule has 1 atom stereocenters. The first kappa shape index (κ1) is 9.75. The Morgan fingerprint density at radius 3 is 2.83 bits per heavy atom. The van der Waals surface area contributed by atoms with E-state index in [9.17, 15) is 0 Å². The fourth-order valence-electron chi connectivity index (χ4n) is 1.24. The normalized spacial score (nSPS) is 24.4. The van der Waals surface area contributed by atoms with Crippen molar-refractivity contribution in [2.45, 2.75) is 44.8 Å². The summed E-state index contributed by atoms with van der Waals surface area (Å²) in [5.41, 5.74) is 5.60. The molecule has 0 saturated heterocycles. The summed E-state index contributed by atoms with van der Waals surface area (Å²) in [5, 5.41) is 0. The van der Waals surface area contributed by atoms with Gasteiger partial charge in [-0.1, -0.05) is 12.2 Å². The summed E-state index contributed by atoms with van der Waals surface area (Å²) >= 11 is 0. The van der Waals surface area contributed by atoms with Gasteiger partial charge in [0.05, 0.1) is 12.7 Å². The Balaban J connectivity index is 2.22. The number of ether oxygens (including phenoxy) is 1. The molecule has 0 saturated carbocycles. The summed E-state index contributed by atoms with van der Waals surface area (Å²) < 4.78 is 5.64. The molecule has 0 aliphatic heterocycles. The Hall–Kier alpha value is -0.340. The van der Waals surface area contributed by atoms with Gasteiger partial charge in [-0.05, 0) is 33.1 Å². The zero-order valence-electron chi connectivity index (χ0n) is 8.05. The summed E-state index contributed by atoms with van der Waals surface area (Å²) in [5.74, 6) is 0. The van der Waals surface area contributed by atoms with E-state index >= 15 is 0 Å². The van der Waals surface area contributed by atoms with Gasteiger partial charge in [0.1, 0.15) is 0 Å². The zero-order chi connectivity index (χ0) is 9.03. The van der Waals surface area contributed by atoms with Crippen molar-refractivity contribution in [1.82, 2.24) is 0 Å². The second-order valence-electron chi connectivity index (χ2n) is 4.20. The molecule has 0 radical (unpaired) electrons. The highest BCUT2D eigenvalue weighted by Crippen LogP contribution is 2.14. The second-order valence-corrected chi connectivity index (χ2v) is 4.20. The molecule has 70 valence electrons. The lowest BCUT2D eigenvalue weighted by molar-refractivity contribution is 0.0472. The molecule has 0 heterocycles. The van der Waals surface area contributed by atoms with Crippen LogP contribution in [-0.4, -0.2) is 18.2 Å². The predicted molar refractivity (Wildman–Crippen MR) is 51.0 cm³/mol. The van der Waals surface area contributed by atoms with Crippen LogP contribution in [0.3, 0.4) is 0 Å². The monoisotopic (exact) mass is 169 g/mol. The molecule has 0 amide bonds. The number of nitrogens with two attached hydrogens (primary N) is 1. The zero-order valence-corrected chi connectivity index (χ0v) is 8.05. The Kier molecular flexibility index (Phi) is 3.29.